The molecule has 2 aromatic rings. The normalized spacial score (nSPS) is 18.5. The van der Waals surface area contributed by atoms with Crippen molar-refractivity contribution in [3.05, 3.63) is 71.8 Å². The first-order valence-electron chi connectivity index (χ1n) is 8.84. The first-order chi connectivity index (χ1) is 13.0. The van der Waals surface area contributed by atoms with Gasteiger partial charge in [-0.15, -0.1) is 0 Å². The van der Waals surface area contributed by atoms with Crippen LogP contribution in [0.15, 0.2) is 60.7 Å². The summed E-state index contributed by atoms with van der Waals surface area (Å²) in [5.74, 6) is 0.710. The molecule has 5 nitrogen and oxygen atoms in total. The fourth-order valence-corrected chi connectivity index (χ4v) is 4.89. The quantitative estimate of drug-likeness (QED) is 0.717. The van der Waals surface area contributed by atoms with Crippen molar-refractivity contribution in [3.8, 4) is 5.75 Å². The van der Waals surface area contributed by atoms with Gasteiger partial charge in [-0.05, 0) is 35.8 Å². The van der Waals surface area contributed by atoms with Crippen molar-refractivity contribution < 1.29 is 17.9 Å². The lowest BCUT2D eigenvalue weighted by molar-refractivity contribution is -0.128. The van der Waals surface area contributed by atoms with Gasteiger partial charge in [-0.1, -0.05) is 42.5 Å². The maximum atomic E-state index is 12.9. The Labute approximate surface area is 160 Å². The minimum Gasteiger partial charge on any atom is -0.497 e. The van der Waals surface area contributed by atoms with Gasteiger partial charge in [-0.2, -0.15) is 0 Å². The summed E-state index contributed by atoms with van der Waals surface area (Å²) in [7, 11) is -1.48. The van der Waals surface area contributed by atoms with Gasteiger partial charge in [0.05, 0.1) is 18.6 Å². The van der Waals surface area contributed by atoms with Crippen LogP contribution in [0.1, 0.15) is 17.5 Å². The number of sulfone groups is 1. The van der Waals surface area contributed by atoms with E-state index in [9.17, 15) is 13.2 Å². The van der Waals surface area contributed by atoms with Gasteiger partial charge in [0.15, 0.2) is 9.84 Å². The molecule has 1 aliphatic heterocycles. The number of rotatable bonds is 6. The molecule has 142 valence electrons. The second kappa shape index (κ2) is 8.39. The second-order valence-corrected chi connectivity index (χ2v) is 8.84. The summed E-state index contributed by atoms with van der Waals surface area (Å²) in [5.41, 5.74) is 1.86. The molecule has 0 N–H and O–H groups in total. The largest absolute Gasteiger partial charge is 0.497 e. The van der Waals surface area contributed by atoms with Gasteiger partial charge in [0, 0.05) is 18.7 Å². The zero-order valence-electron chi connectivity index (χ0n) is 15.2. The Hall–Kier alpha value is -2.60. The third-order valence-electron chi connectivity index (χ3n) is 4.66. The van der Waals surface area contributed by atoms with E-state index in [1.54, 1.807) is 18.1 Å². The molecular formula is C21H23NO4S. The Morgan fingerprint density at radius 1 is 1.15 bits per heavy atom. The van der Waals surface area contributed by atoms with Gasteiger partial charge in [0.1, 0.15) is 5.75 Å². The van der Waals surface area contributed by atoms with Crippen molar-refractivity contribution in [2.75, 3.05) is 18.6 Å². The lowest BCUT2D eigenvalue weighted by Gasteiger charge is -2.27. The van der Waals surface area contributed by atoms with E-state index in [0.717, 1.165) is 16.9 Å². The van der Waals surface area contributed by atoms with Crippen molar-refractivity contribution in [2.45, 2.75) is 19.0 Å². The van der Waals surface area contributed by atoms with E-state index in [0.29, 0.717) is 13.0 Å². The molecule has 27 heavy (non-hydrogen) atoms. The van der Waals surface area contributed by atoms with Gasteiger partial charge in [0.25, 0.3) is 0 Å². The smallest absolute Gasteiger partial charge is 0.247 e. The zero-order chi connectivity index (χ0) is 19.3. The highest BCUT2D eigenvalue weighted by Crippen LogP contribution is 2.22. The number of nitrogens with zero attached hydrogens (tertiary/aromatic N) is 1. The van der Waals surface area contributed by atoms with E-state index < -0.39 is 9.84 Å². The van der Waals surface area contributed by atoms with Crippen molar-refractivity contribution in [1.29, 1.82) is 0 Å². The summed E-state index contributed by atoms with van der Waals surface area (Å²) < 4.78 is 29.0. The highest BCUT2D eigenvalue weighted by Gasteiger charge is 2.34. The molecule has 1 aliphatic rings. The Bertz CT molecular complexity index is 905. The third kappa shape index (κ3) is 5.20. The van der Waals surface area contributed by atoms with Crippen LogP contribution in [-0.4, -0.2) is 43.9 Å². The minimum absolute atomic E-state index is 0.0219. The molecule has 0 spiro atoms. The molecule has 0 bridgehead atoms. The highest BCUT2D eigenvalue weighted by atomic mass is 32.2. The summed E-state index contributed by atoms with van der Waals surface area (Å²) in [6.45, 7) is 0.363. The topological polar surface area (TPSA) is 63.7 Å². The SMILES string of the molecule is COc1ccc(CN(C(=O)/C=C/c2ccccc2)C2CCS(=O)(=O)C2)cc1. The van der Waals surface area contributed by atoms with Crippen molar-refractivity contribution >= 4 is 21.8 Å². The molecule has 1 amide bonds. The van der Waals surface area contributed by atoms with Crippen molar-refractivity contribution in [1.82, 2.24) is 4.90 Å². The number of amides is 1. The Morgan fingerprint density at radius 2 is 1.85 bits per heavy atom. The lowest BCUT2D eigenvalue weighted by Crippen LogP contribution is -2.39. The molecule has 0 saturated carbocycles. The molecule has 0 radical (unpaired) electrons. The predicted molar refractivity (Wildman–Crippen MR) is 106 cm³/mol. The average Bonchev–Trinajstić information content (AvgIpc) is 3.05. The van der Waals surface area contributed by atoms with Gasteiger partial charge in [0.2, 0.25) is 5.91 Å². The van der Waals surface area contributed by atoms with E-state index >= 15 is 0 Å². The minimum atomic E-state index is -3.08. The summed E-state index contributed by atoms with van der Waals surface area (Å²) in [6, 6.07) is 16.7. The Balaban J connectivity index is 1.80. The van der Waals surface area contributed by atoms with Crippen LogP contribution in [0.5, 0.6) is 5.75 Å². The zero-order valence-corrected chi connectivity index (χ0v) is 16.1. The molecule has 1 saturated heterocycles. The van der Waals surface area contributed by atoms with Crippen LogP contribution in [-0.2, 0) is 21.2 Å². The summed E-state index contributed by atoms with van der Waals surface area (Å²) in [5, 5.41) is 0. The van der Waals surface area contributed by atoms with Crippen LogP contribution < -0.4 is 4.74 Å². The van der Waals surface area contributed by atoms with Crippen LogP contribution in [0, 0.1) is 0 Å². The fraction of sp³-hybridized carbons (Fsp3) is 0.286. The number of carbonyl (C=O) groups excluding carboxylic acids is 1. The third-order valence-corrected chi connectivity index (χ3v) is 6.41. The van der Waals surface area contributed by atoms with E-state index in [-0.39, 0.29) is 23.5 Å². The van der Waals surface area contributed by atoms with Crippen LogP contribution in [0.3, 0.4) is 0 Å². The van der Waals surface area contributed by atoms with Crippen molar-refractivity contribution in [2.24, 2.45) is 0 Å². The molecule has 2 aromatic carbocycles. The van der Waals surface area contributed by atoms with E-state index in [1.165, 1.54) is 6.08 Å². The first kappa shape index (κ1) is 19.2. The molecule has 1 heterocycles. The highest BCUT2D eigenvalue weighted by molar-refractivity contribution is 7.91. The van der Waals surface area contributed by atoms with E-state index in [2.05, 4.69) is 0 Å². The van der Waals surface area contributed by atoms with E-state index in [4.69, 9.17) is 4.74 Å². The van der Waals surface area contributed by atoms with Gasteiger partial charge in [-0.25, -0.2) is 8.42 Å². The van der Waals surface area contributed by atoms with Crippen LogP contribution >= 0.6 is 0 Å². The number of hydrogen-bond acceptors (Lipinski definition) is 4. The summed E-state index contributed by atoms with van der Waals surface area (Å²) >= 11 is 0. The Morgan fingerprint density at radius 3 is 2.44 bits per heavy atom. The number of ether oxygens (including phenoxy) is 1. The van der Waals surface area contributed by atoms with Crippen LogP contribution in [0.4, 0.5) is 0 Å². The monoisotopic (exact) mass is 385 g/mol. The van der Waals surface area contributed by atoms with Crippen molar-refractivity contribution in [3.63, 3.8) is 0 Å². The number of methoxy groups -OCH3 is 1. The molecule has 1 fully saturated rings. The maximum Gasteiger partial charge on any atom is 0.247 e. The van der Waals surface area contributed by atoms with Gasteiger partial charge >= 0.3 is 0 Å². The molecular weight excluding hydrogens is 362 g/mol. The van der Waals surface area contributed by atoms with E-state index in [1.807, 2.05) is 54.6 Å². The van der Waals surface area contributed by atoms with Crippen LogP contribution in [0.2, 0.25) is 0 Å². The molecule has 3 rings (SSSR count). The standard InChI is InChI=1S/C21H23NO4S/c1-26-20-10-7-18(8-11-20)15-22(19-13-14-27(24,25)16-19)21(23)12-9-17-5-3-2-4-6-17/h2-12,19H,13-16H2,1H3/b12-9+. The molecule has 1 unspecified atom stereocenters. The number of carbonyl (C=O) groups is 1. The fourth-order valence-electron chi connectivity index (χ4n) is 3.16. The summed E-state index contributed by atoms with van der Waals surface area (Å²) in [6.07, 6.45) is 3.75. The number of benzene rings is 2. The molecule has 1 atom stereocenters. The Kier molecular flexibility index (Phi) is 5.96. The second-order valence-electron chi connectivity index (χ2n) is 6.62. The molecule has 0 aliphatic carbocycles. The average molecular weight is 385 g/mol. The number of hydrogen-bond donors (Lipinski definition) is 0. The first-order valence-corrected chi connectivity index (χ1v) is 10.7. The molecule has 0 aromatic heterocycles. The summed E-state index contributed by atoms with van der Waals surface area (Å²) in [4.78, 5) is 14.5. The molecule has 6 heteroatoms. The van der Waals surface area contributed by atoms with Crippen LogP contribution in [0.25, 0.3) is 6.08 Å². The predicted octanol–water partition coefficient (Wildman–Crippen LogP) is 2.92. The van der Waals surface area contributed by atoms with Gasteiger partial charge in [-0.3, -0.25) is 4.79 Å². The lowest BCUT2D eigenvalue weighted by atomic mass is 10.1. The van der Waals surface area contributed by atoms with Gasteiger partial charge < -0.3 is 9.64 Å². The maximum absolute atomic E-state index is 12.9.